The van der Waals surface area contributed by atoms with Gasteiger partial charge in [0, 0.05) is 17.9 Å². The quantitative estimate of drug-likeness (QED) is 0.649. The summed E-state index contributed by atoms with van der Waals surface area (Å²) in [7, 11) is 3.06. The first-order chi connectivity index (χ1) is 13.1. The number of benzene rings is 2. The highest BCUT2D eigenvalue weighted by molar-refractivity contribution is 7.97. The largest absolute Gasteiger partial charge is 0.493 e. The lowest BCUT2D eigenvalue weighted by Gasteiger charge is -2.17. The van der Waals surface area contributed by atoms with Crippen LogP contribution < -0.4 is 19.5 Å². The van der Waals surface area contributed by atoms with E-state index in [1.165, 1.54) is 19.8 Å². The molecule has 2 aromatic carbocycles. The molecule has 1 amide bonds. The number of rotatable bonds is 10. The van der Waals surface area contributed by atoms with E-state index in [2.05, 4.69) is 5.32 Å². The summed E-state index contributed by atoms with van der Waals surface area (Å²) in [4.78, 5) is 12.2. The van der Waals surface area contributed by atoms with Gasteiger partial charge in [0.25, 0.3) is 5.91 Å². The minimum atomic E-state index is -0.876. The fourth-order valence-electron chi connectivity index (χ4n) is 2.43. The second-order valence-electron chi connectivity index (χ2n) is 5.80. The second-order valence-corrected chi connectivity index (χ2v) is 6.66. The lowest BCUT2D eigenvalue weighted by Crippen LogP contribution is -2.35. The molecule has 0 saturated heterocycles. The molecule has 1 unspecified atom stereocenters. The summed E-state index contributed by atoms with van der Waals surface area (Å²) in [5, 5.41) is 12.8. The first-order valence-corrected chi connectivity index (χ1v) is 9.86. The van der Waals surface area contributed by atoms with Crippen LogP contribution in [0.25, 0.3) is 0 Å². The zero-order valence-electron chi connectivity index (χ0n) is 15.7. The van der Waals surface area contributed by atoms with Crippen molar-refractivity contribution in [2.75, 3.05) is 33.6 Å². The van der Waals surface area contributed by atoms with E-state index in [1.807, 2.05) is 18.4 Å². The van der Waals surface area contributed by atoms with E-state index < -0.39 is 6.10 Å². The topological polar surface area (TPSA) is 77.0 Å². The smallest absolute Gasteiger partial charge is 0.251 e. The molecule has 0 bridgehead atoms. The summed E-state index contributed by atoms with van der Waals surface area (Å²) in [6.45, 7) is 0.0620. The van der Waals surface area contributed by atoms with Crippen molar-refractivity contribution in [2.24, 2.45) is 0 Å². The van der Waals surface area contributed by atoms with E-state index in [1.54, 1.807) is 42.1 Å². The van der Waals surface area contributed by atoms with Gasteiger partial charge in [-0.2, -0.15) is 11.8 Å². The maximum Gasteiger partial charge on any atom is 0.251 e. The first kappa shape index (κ1) is 20.9. The molecule has 2 N–H and O–H groups in total. The van der Waals surface area contributed by atoms with Crippen LogP contribution in [-0.4, -0.2) is 50.7 Å². The number of aliphatic hydroxyl groups is 1. The third-order valence-electron chi connectivity index (χ3n) is 3.83. The average molecular weight is 391 g/mol. The van der Waals surface area contributed by atoms with Crippen LogP contribution in [-0.2, 0) is 5.75 Å². The monoisotopic (exact) mass is 391 g/mol. The Morgan fingerprint density at radius 3 is 2.30 bits per heavy atom. The van der Waals surface area contributed by atoms with Gasteiger partial charge in [0.15, 0.2) is 11.5 Å². The van der Waals surface area contributed by atoms with Crippen LogP contribution in [0, 0.1) is 0 Å². The van der Waals surface area contributed by atoms with Crippen molar-refractivity contribution in [3.8, 4) is 17.2 Å². The van der Waals surface area contributed by atoms with Crippen molar-refractivity contribution in [2.45, 2.75) is 11.9 Å². The van der Waals surface area contributed by atoms with Crippen molar-refractivity contribution in [1.82, 2.24) is 5.32 Å². The molecule has 0 aliphatic carbocycles. The number of methoxy groups -OCH3 is 2. The van der Waals surface area contributed by atoms with Gasteiger partial charge in [-0.05, 0) is 36.1 Å². The molecule has 6 nitrogen and oxygen atoms in total. The minimum absolute atomic E-state index is 0.0102. The lowest BCUT2D eigenvalue weighted by atomic mass is 10.1. The number of thioether (sulfide) groups is 1. The van der Waals surface area contributed by atoms with Crippen LogP contribution in [0.4, 0.5) is 0 Å². The fraction of sp³-hybridized carbons (Fsp3) is 0.350. The normalized spacial score (nSPS) is 11.6. The second kappa shape index (κ2) is 10.7. The highest BCUT2D eigenvalue weighted by Gasteiger charge is 2.15. The van der Waals surface area contributed by atoms with E-state index in [-0.39, 0.29) is 19.1 Å². The Hall–Kier alpha value is -2.38. The molecule has 0 aromatic heterocycles. The Morgan fingerprint density at radius 2 is 1.74 bits per heavy atom. The van der Waals surface area contributed by atoms with Crippen molar-refractivity contribution in [3.63, 3.8) is 0 Å². The maximum absolute atomic E-state index is 12.2. The predicted molar refractivity (Wildman–Crippen MR) is 107 cm³/mol. The Balaban J connectivity index is 1.86. The van der Waals surface area contributed by atoms with Gasteiger partial charge in [-0.1, -0.05) is 18.2 Å². The molecule has 0 fully saturated rings. The van der Waals surface area contributed by atoms with Gasteiger partial charge in [0.1, 0.15) is 12.7 Å². The van der Waals surface area contributed by atoms with Gasteiger partial charge in [-0.3, -0.25) is 4.79 Å². The van der Waals surface area contributed by atoms with Crippen molar-refractivity contribution in [3.05, 3.63) is 53.6 Å². The molecule has 0 spiro atoms. The van der Waals surface area contributed by atoms with Crippen LogP contribution in [0.15, 0.2) is 42.5 Å². The number of para-hydroxylation sites is 1. The highest BCUT2D eigenvalue weighted by Crippen LogP contribution is 2.36. The molecule has 146 valence electrons. The van der Waals surface area contributed by atoms with Gasteiger partial charge in [0.05, 0.1) is 14.2 Å². The summed E-state index contributed by atoms with van der Waals surface area (Å²) in [6, 6.07) is 12.7. The SMILES string of the molecule is COc1cccc(OC)c1OCC(O)CNC(=O)c1ccc(CSC)cc1. The van der Waals surface area contributed by atoms with E-state index in [4.69, 9.17) is 14.2 Å². The third-order valence-corrected chi connectivity index (χ3v) is 4.45. The maximum atomic E-state index is 12.2. The van der Waals surface area contributed by atoms with E-state index >= 15 is 0 Å². The van der Waals surface area contributed by atoms with Gasteiger partial charge in [-0.15, -0.1) is 0 Å². The molecular formula is C20H25NO5S. The predicted octanol–water partition coefficient (Wildman–Crippen LogP) is 2.74. The molecule has 0 aliphatic heterocycles. The molecule has 2 rings (SSSR count). The van der Waals surface area contributed by atoms with E-state index in [0.717, 1.165) is 5.75 Å². The number of amides is 1. The first-order valence-electron chi connectivity index (χ1n) is 8.47. The molecule has 2 aromatic rings. The number of hydrogen-bond donors (Lipinski definition) is 2. The number of carbonyl (C=O) groups excluding carboxylic acids is 1. The summed E-state index contributed by atoms with van der Waals surface area (Å²) < 4.78 is 16.1. The van der Waals surface area contributed by atoms with Gasteiger partial charge < -0.3 is 24.6 Å². The van der Waals surface area contributed by atoms with Crippen LogP contribution in [0.5, 0.6) is 17.2 Å². The van der Waals surface area contributed by atoms with Gasteiger partial charge >= 0.3 is 0 Å². The fourth-order valence-corrected chi connectivity index (χ4v) is 2.96. The zero-order chi connectivity index (χ0) is 19.6. The summed E-state index contributed by atoms with van der Waals surface area (Å²) >= 11 is 1.73. The Kier molecular flexibility index (Phi) is 8.29. The van der Waals surface area contributed by atoms with Crippen LogP contribution >= 0.6 is 11.8 Å². The standard InChI is InChI=1S/C20H25NO5S/c1-24-17-5-4-6-18(25-2)19(17)26-12-16(22)11-21-20(23)15-9-7-14(8-10-15)13-27-3/h4-10,16,22H,11-13H2,1-3H3,(H,21,23). The Morgan fingerprint density at radius 1 is 1.11 bits per heavy atom. The van der Waals surface area contributed by atoms with Crippen molar-refractivity contribution in [1.29, 1.82) is 0 Å². The lowest BCUT2D eigenvalue weighted by molar-refractivity contribution is 0.0833. The number of ether oxygens (including phenoxy) is 3. The average Bonchev–Trinajstić information content (AvgIpc) is 2.70. The number of carbonyl (C=O) groups is 1. The molecule has 0 aliphatic rings. The number of hydrogen-bond acceptors (Lipinski definition) is 6. The summed E-state index contributed by atoms with van der Waals surface area (Å²) in [5.74, 6) is 2.10. The molecule has 27 heavy (non-hydrogen) atoms. The molecule has 0 saturated carbocycles. The molecule has 1 atom stereocenters. The Labute approximate surface area is 163 Å². The van der Waals surface area contributed by atoms with Gasteiger partial charge in [-0.25, -0.2) is 0 Å². The molecular weight excluding hydrogens is 366 g/mol. The van der Waals surface area contributed by atoms with Crippen molar-refractivity contribution < 1.29 is 24.1 Å². The van der Waals surface area contributed by atoms with E-state index in [9.17, 15) is 9.90 Å². The minimum Gasteiger partial charge on any atom is -0.493 e. The molecule has 0 radical (unpaired) electrons. The summed E-state index contributed by atoms with van der Waals surface area (Å²) in [5.41, 5.74) is 1.72. The van der Waals surface area contributed by atoms with Crippen LogP contribution in [0.1, 0.15) is 15.9 Å². The zero-order valence-corrected chi connectivity index (χ0v) is 16.5. The Bertz CT molecular complexity index is 713. The summed E-state index contributed by atoms with van der Waals surface area (Å²) in [6.07, 6.45) is 1.16. The van der Waals surface area contributed by atoms with Gasteiger partial charge in [0.2, 0.25) is 5.75 Å². The van der Waals surface area contributed by atoms with E-state index in [0.29, 0.717) is 22.8 Å². The number of aliphatic hydroxyl groups excluding tert-OH is 1. The third kappa shape index (κ3) is 6.08. The highest BCUT2D eigenvalue weighted by atomic mass is 32.2. The molecule has 0 heterocycles. The van der Waals surface area contributed by atoms with Crippen LogP contribution in [0.2, 0.25) is 0 Å². The molecule has 7 heteroatoms. The van der Waals surface area contributed by atoms with Crippen LogP contribution in [0.3, 0.4) is 0 Å². The van der Waals surface area contributed by atoms with Crippen molar-refractivity contribution >= 4 is 17.7 Å². The number of nitrogens with one attached hydrogen (secondary N) is 1.